The standard InChI is InChI=1S/C15H9F2NO2/c1-20-15(19)14-12(16)6-11(7-13(14)17)10-4-2-9(8-18)3-5-10/h2-7H,1H3. The molecule has 5 heteroatoms. The lowest BCUT2D eigenvalue weighted by Crippen LogP contribution is -2.08. The second kappa shape index (κ2) is 5.49. The zero-order valence-electron chi connectivity index (χ0n) is 10.5. The lowest BCUT2D eigenvalue weighted by molar-refractivity contribution is 0.0590. The summed E-state index contributed by atoms with van der Waals surface area (Å²) in [5, 5.41) is 8.69. The van der Waals surface area contributed by atoms with Gasteiger partial charge >= 0.3 is 5.97 Å². The van der Waals surface area contributed by atoms with Gasteiger partial charge < -0.3 is 4.74 Å². The van der Waals surface area contributed by atoms with Crippen LogP contribution in [0.1, 0.15) is 15.9 Å². The van der Waals surface area contributed by atoms with Gasteiger partial charge in [0.15, 0.2) is 0 Å². The summed E-state index contributed by atoms with van der Waals surface area (Å²) in [7, 11) is 1.05. The lowest BCUT2D eigenvalue weighted by atomic mass is 10.0. The predicted octanol–water partition coefficient (Wildman–Crippen LogP) is 3.29. The van der Waals surface area contributed by atoms with E-state index >= 15 is 0 Å². The second-order valence-corrected chi connectivity index (χ2v) is 4.00. The first-order chi connectivity index (χ1) is 9.56. The largest absolute Gasteiger partial charge is 0.465 e. The molecule has 0 spiro atoms. The van der Waals surface area contributed by atoms with Crippen molar-refractivity contribution in [2.75, 3.05) is 7.11 Å². The SMILES string of the molecule is COC(=O)c1c(F)cc(-c2ccc(C#N)cc2)cc1F. The molecule has 2 aromatic rings. The van der Waals surface area contributed by atoms with Crippen molar-refractivity contribution in [3.63, 3.8) is 0 Å². The highest BCUT2D eigenvalue weighted by Gasteiger charge is 2.19. The van der Waals surface area contributed by atoms with Crippen molar-refractivity contribution >= 4 is 5.97 Å². The monoisotopic (exact) mass is 273 g/mol. The molecule has 0 radical (unpaired) electrons. The topological polar surface area (TPSA) is 50.1 Å². The van der Waals surface area contributed by atoms with Crippen LogP contribution in [0.2, 0.25) is 0 Å². The van der Waals surface area contributed by atoms with E-state index in [1.165, 1.54) is 0 Å². The molecular weight excluding hydrogens is 264 g/mol. The van der Waals surface area contributed by atoms with Crippen molar-refractivity contribution in [2.45, 2.75) is 0 Å². The molecule has 0 N–H and O–H groups in total. The summed E-state index contributed by atoms with van der Waals surface area (Å²) < 4.78 is 31.9. The van der Waals surface area contributed by atoms with Gasteiger partial charge in [-0.25, -0.2) is 13.6 Å². The zero-order valence-corrected chi connectivity index (χ0v) is 10.5. The van der Waals surface area contributed by atoms with E-state index in [-0.39, 0.29) is 5.56 Å². The number of nitriles is 1. The quantitative estimate of drug-likeness (QED) is 0.789. The molecule has 0 heterocycles. The first kappa shape index (κ1) is 13.7. The van der Waals surface area contributed by atoms with E-state index in [4.69, 9.17) is 5.26 Å². The molecule has 0 aliphatic rings. The number of esters is 1. The molecule has 0 aromatic heterocycles. The van der Waals surface area contributed by atoms with Crippen LogP contribution in [0.5, 0.6) is 0 Å². The molecule has 0 fully saturated rings. The van der Waals surface area contributed by atoms with Crippen LogP contribution in [0.4, 0.5) is 8.78 Å². The highest BCUT2D eigenvalue weighted by molar-refractivity contribution is 5.90. The Hall–Kier alpha value is -2.74. The number of carbonyl (C=O) groups is 1. The number of nitrogens with zero attached hydrogens (tertiary/aromatic N) is 1. The predicted molar refractivity (Wildman–Crippen MR) is 67.8 cm³/mol. The number of benzene rings is 2. The molecule has 0 unspecified atom stereocenters. The van der Waals surface area contributed by atoms with Gasteiger partial charge in [-0.2, -0.15) is 5.26 Å². The van der Waals surface area contributed by atoms with Crippen molar-refractivity contribution in [1.29, 1.82) is 5.26 Å². The first-order valence-corrected chi connectivity index (χ1v) is 5.64. The van der Waals surface area contributed by atoms with Gasteiger partial charge in [-0.15, -0.1) is 0 Å². The van der Waals surface area contributed by atoms with Gasteiger partial charge in [-0.1, -0.05) is 12.1 Å². The Morgan fingerprint density at radius 2 is 1.65 bits per heavy atom. The van der Waals surface area contributed by atoms with Crippen LogP contribution >= 0.6 is 0 Å². The number of halogens is 2. The van der Waals surface area contributed by atoms with Crippen molar-refractivity contribution in [3.05, 3.63) is 59.2 Å². The minimum absolute atomic E-state index is 0.275. The average Bonchev–Trinajstić information content (AvgIpc) is 2.46. The fraction of sp³-hybridized carbons (Fsp3) is 0.0667. The van der Waals surface area contributed by atoms with E-state index in [1.807, 2.05) is 6.07 Å². The molecule has 100 valence electrons. The summed E-state index contributed by atoms with van der Waals surface area (Å²) in [5.41, 5.74) is 0.543. The molecule has 0 aliphatic heterocycles. The lowest BCUT2D eigenvalue weighted by Gasteiger charge is -2.07. The Morgan fingerprint density at radius 3 is 2.10 bits per heavy atom. The summed E-state index contributed by atoms with van der Waals surface area (Å²) in [6, 6.07) is 10.3. The summed E-state index contributed by atoms with van der Waals surface area (Å²) in [5.74, 6) is -3.04. The van der Waals surface area contributed by atoms with Crippen molar-refractivity contribution < 1.29 is 18.3 Å². The Kier molecular flexibility index (Phi) is 3.76. The summed E-state index contributed by atoms with van der Waals surface area (Å²) in [6.07, 6.45) is 0. The Bertz CT molecular complexity index is 680. The molecule has 20 heavy (non-hydrogen) atoms. The molecule has 0 saturated carbocycles. The van der Waals surface area contributed by atoms with Gasteiger partial charge in [-0.05, 0) is 35.4 Å². The maximum absolute atomic E-state index is 13.8. The minimum Gasteiger partial charge on any atom is -0.465 e. The third-order valence-electron chi connectivity index (χ3n) is 2.78. The van der Waals surface area contributed by atoms with Crippen LogP contribution in [-0.4, -0.2) is 13.1 Å². The van der Waals surface area contributed by atoms with Crippen LogP contribution < -0.4 is 0 Å². The minimum atomic E-state index is -1.06. The number of methoxy groups -OCH3 is 1. The average molecular weight is 273 g/mol. The molecule has 0 atom stereocenters. The molecule has 2 aromatic carbocycles. The Balaban J connectivity index is 2.49. The van der Waals surface area contributed by atoms with Crippen LogP contribution in [0.15, 0.2) is 36.4 Å². The molecule has 0 bridgehead atoms. The third kappa shape index (κ3) is 2.50. The molecule has 3 nitrogen and oxygen atoms in total. The highest BCUT2D eigenvalue weighted by Crippen LogP contribution is 2.25. The van der Waals surface area contributed by atoms with Gasteiger partial charge in [0.25, 0.3) is 0 Å². The molecule has 0 aliphatic carbocycles. The molecule has 0 saturated heterocycles. The number of ether oxygens (including phenoxy) is 1. The molecule has 0 amide bonds. The highest BCUT2D eigenvalue weighted by atomic mass is 19.1. The number of hydrogen-bond acceptors (Lipinski definition) is 3. The van der Waals surface area contributed by atoms with Crippen molar-refractivity contribution in [1.82, 2.24) is 0 Å². The smallest absolute Gasteiger partial charge is 0.343 e. The summed E-state index contributed by atoms with van der Waals surface area (Å²) >= 11 is 0. The van der Waals surface area contributed by atoms with Gasteiger partial charge in [0, 0.05) is 0 Å². The van der Waals surface area contributed by atoms with Crippen molar-refractivity contribution in [3.8, 4) is 17.2 Å². The zero-order chi connectivity index (χ0) is 14.7. The van der Waals surface area contributed by atoms with E-state index in [1.54, 1.807) is 24.3 Å². The first-order valence-electron chi connectivity index (χ1n) is 5.64. The third-order valence-corrected chi connectivity index (χ3v) is 2.78. The molecular formula is C15H9F2NO2. The fourth-order valence-corrected chi connectivity index (χ4v) is 1.77. The van der Waals surface area contributed by atoms with E-state index in [0.717, 1.165) is 19.2 Å². The van der Waals surface area contributed by atoms with E-state index in [0.29, 0.717) is 11.1 Å². The van der Waals surface area contributed by atoms with Gasteiger partial charge in [0.1, 0.15) is 17.2 Å². The summed E-state index contributed by atoms with van der Waals surface area (Å²) in [4.78, 5) is 11.2. The normalized spacial score (nSPS) is 9.90. The Labute approximate surface area is 114 Å². The van der Waals surface area contributed by atoms with Gasteiger partial charge in [0.2, 0.25) is 0 Å². The summed E-state index contributed by atoms with van der Waals surface area (Å²) in [6.45, 7) is 0. The fourth-order valence-electron chi connectivity index (χ4n) is 1.77. The van der Waals surface area contributed by atoms with Gasteiger partial charge in [-0.3, -0.25) is 0 Å². The maximum Gasteiger partial charge on any atom is 0.343 e. The number of carbonyl (C=O) groups excluding carboxylic acids is 1. The van der Waals surface area contributed by atoms with Crippen LogP contribution in [0.25, 0.3) is 11.1 Å². The van der Waals surface area contributed by atoms with E-state index < -0.39 is 23.2 Å². The number of rotatable bonds is 2. The van der Waals surface area contributed by atoms with Crippen LogP contribution in [0.3, 0.4) is 0 Å². The van der Waals surface area contributed by atoms with Gasteiger partial charge in [0.05, 0.1) is 18.7 Å². The molecule has 2 rings (SSSR count). The second-order valence-electron chi connectivity index (χ2n) is 4.00. The van der Waals surface area contributed by atoms with Crippen molar-refractivity contribution in [2.24, 2.45) is 0 Å². The van der Waals surface area contributed by atoms with E-state index in [2.05, 4.69) is 4.74 Å². The maximum atomic E-state index is 13.8. The number of hydrogen-bond donors (Lipinski definition) is 0. The van der Waals surface area contributed by atoms with Crippen LogP contribution in [-0.2, 0) is 4.74 Å². The van der Waals surface area contributed by atoms with Crippen LogP contribution in [0, 0.1) is 23.0 Å². The van der Waals surface area contributed by atoms with E-state index in [9.17, 15) is 13.6 Å². The Morgan fingerprint density at radius 1 is 1.10 bits per heavy atom.